The number of aryl methyl sites for hydroxylation is 1. The molecule has 9 heteroatoms. The minimum atomic E-state index is -1.86. The Morgan fingerprint density at radius 3 is 2.73 bits per heavy atom. The first-order chi connectivity index (χ1) is 15.4. The lowest BCUT2D eigenvalue weighted by Gasteiger charge is -2.31. The number of halogens is 2. The van der Waals surface area contributed by atoms with E-state index in [1.165, 1.54) is 12.1 Å². The molecule has 7 nitrogen and oxygen atoms in total. The number of ether oxygens (including phenoxy) is 1. The minimum absolute atomic E-state index is 0. The average Bonchev–Trinajstić information content (AvgIpc) is 3.15. The highest BCUT2D eigenvalue weighted by atomic mass is 35.5. The highest BCUT2D eigenvalue weighted by molar-refractivity contribution is 6.13. The number of hydrogen-bond donors (Lipinski definition) is 1. The summed E-state index contributed by atoms with van der Waals surface area (Å²) in [5, 5.41) is 12.0. The number of nitrogens with one attached hydrogen (secondary N) is 1. The van der Waals surface area contributed by atoms with E-state index < -0.39 is 11.6 Å². The first-order valence-corrected chi connectivity index (χ1v) is 10.7. The molecule has 0 unspecified atom stereocenters. The molecule has 4 heterocycles. The second-order valence-corrected chi connectivity index (χ2v) is 8.61. The van der Waals surface area contributed by atoms with E-state index in [1.54, 1.807) is 24.6 Å². The van der Waals surface area contributed by atoms with Gasteiger partial charge in [-0.25, -0.2) is 14.2 Å². The molecule has 170 valence electrons. The van der Waals surface area contributed by atoms with Crippen molar-refractivity contribution in [2.75, 3.05) is 7.05 Å². The largest absolute Gasteiger partial charge is 0.458 e. The van der Waals surface area contributed by atoms with Gasteiger partial charge in [-0.2, -0.15) is 0 Å². The Morgan fingerprint density at radius 2 is 2.00 bits per heavy atom. The van der Waals surface area contributed by atoms with E-state index in [2.05, 4.69) is 9.98 Å². The molecule has 3 aromatic rings. The molecule has 1 aliphatic carbocycles. The number of aliphatic hydroxyl groups is 1. The molecule has 0 spiro atoms. The lowest BCUT2D eigenvalue weighted by molar-refractivity contribution is -0.331. The van der Waals surface area contributed by atoms with E-state index in [-0.39, 0.29) is 36.8 Å². The van der Waals surface area contributed by atoms with Crippen molar-refractivity contribution in [3.05, 3.63) is 62.2 Å². The maximum atomic E-state index is 14.5. The van der Waals surface area contributed by atoms with E-state index >= 15 is 0 Å². The molecular weight excluding hydrogens is 449 g/mol. The van der Waals surface area contributed by atoms with E-state index in [4.69, 9.17) is 4.74 Å². The maximum absolute atomic E-state index is 14.5. The number of pyridine rings is 2. The summed E-state index contributed by atoms with van der Waals surface area (Å²) < 4.78 is 21.2. The fraction of sp³-hybridized carbons (Fsp3) is 0.333. The molecule has 2 aromatic heterocycles. The summed E-state index contributed by atoms with van der Waals surface area (Å²) >= 11 is 0. The van der Waals surface area contributed by atoms with Crippen LogP contribution in [0, 0.1) is 5.82 Å². The topological polar surface area (TPSA) is 95.0 Å². The van der Waals surface area contributed by atoms with Gasteiger partial charge in [0.25, 0.3) is 5.56 Å². The van der Waals surface area contributed by atoms with Crippen molar-refractivity contribution in [1.29, 1.82) is 0 Å². The van der Waals surface area contributed by atoms with Crippen LogP contribution in [0.4, 0.5) is 4.39 Å². The SMILES string of the molecule is CC[C@@]1(O)C(=O)OCc2c1cc1n(c2=O)Cc2c-1[nH+]c1cc(F)cc3c1c2CCC3=NC.Cl. The molecule has 0 fully saturated rings. The van der Waals surface area contributed by atoms with Crippen molar-refractivity contribution in [2.45, 2.75) is 44.9 Å². The fourth-order valence-electron chi connectivity index (χ4n) is 5.47. The number of hydrogen-bond acceptors (Lipinski definition) is 5. The van der Waals surface area contributed by atoms with Gasteiger partial charge in [0, 0.05) is 35.5 Å². The average molecular weight is 471 g/mol. The Balaban J connectivity index is 0.00000228. The number of H-pyrrole nitrogens is 1. The summed E-state index contributed by atoms with van der Waals surface area (Å²) in [5.41, 5.74) is 4.10. The van der Waals surface area contributed by atoms with Crippen LogP contribution < -0.4 is 10.5 Å². The predicted octanol–water partition coefficient (Wildman–Crippen LogP) is 2.42. The monoisotopic (exact) mass is 470 g/mol. The summed E-state index contributed by atoms with van der Waals surface area (Å²) in [7, 11) is 1.71. The van der Waals surface area contributed by atoms with Crippen LogP contribution in [-0.2, 0) is 34.7 Å². The number of aliphatic imine (C=N–C) groups is 1. The highest BCUT2D eigenvalue weighted by Gasteiger charge is 2.46. The number of carbonyl (C=O) groups excluding carboxylic acids is 1. The molecule has 2 N–H and O–H groups in total. The van der Waals surface area contributed by atoms with Gasteiger partial charge in [-0.3, -0.25) is 14.4 Å². The lowest BCUT2D eigenvalue weighted by atomic mass is 9.85. The van der Waals surface area contributed by atoms with Gasteiger partial charge in [-0.05, 0) is 37.0 Å². The van der Waals surface area contributed by atoms with Gasteiger partial charge < -0.3 is 9.84 Å². The van der Waals surface area contributed by atoms with Gasteiger partial charge in [0.15, 0.2) is 5.60 Å². The molecule has 0 radical (unpaired) electrons. The number of cyclic esters (lactones) is 1. The number of carbonyl (C=O) groups is 1. The van der Waals surface area contributed by atoms with Crippen molar-refractivity contribution >= 4 is 35.0 Å². The van der Waals surface area contributed by atoms with Crippen molar-refractivity contribution in [3.63, 3.8) is 0 Å². The van der Waals surface area contributed by atoms with Crippen molar-refractivity contribution < 1.29 is 24.0 Å². The minimum Gasteiger partial charge on any atom is -0.458 e. The van der Waals surface area contributed by atoms with Crippen LogP contribution in [0.5, 0.6) is 0 Å². The standard InChI is InChI=1S/C24H20FN3O4.ClH/c1-3-24(31)16-8-19-21-14(9-28(19)22(29)15(16)10-32-23(24)30)12-4-5-17(26-2)13-6-11(25)7-18(27-21)20(12)13;/h6-8,31H,3-5,9-10H2,1-2H3;1H/p+1/t24-;/m0./s1. The Morgan fingerprint density at radius 1 is 1.21 bits per heavy atom. The second kappa shape index (κ2) is 7.20. The van der Waals surface area contributed by atoms with Crippen molar-refractivity contribution in [1.82, 2.24) is 4.57 Å². The second-order valence-electron chi connectivity index (χ2n) is 8.61. The maximum Gasteiger partial charge on any atom is 0.343 e. The summed E-state index contributed by atoms with van der Waals surface area (Å²) in [4.78, 5) is 33.4. The number of esters is 1. The van der Waals surface area contributed by atoms with E-state index in [9.17, 15) is 19.1 Å². The van der Waals surface area contributed by atoms with Crippen molar-refractivity contribution in [2.24, 2.45) is 4.99 Å². The summed E-state index contributed by atoms with van der Waals surface area (Å²) in [5.74, 6) is -1.10. The zero-order chi connectivity index (χ0) is 22.4. The van der Waals surface area contributed by atoms with Gasteiger partial charge in [0.05, 0.1) is 17.5 Å². The lowest BCUT2D eigenvalue weighted by Crippen LogP contribution is -2.44. The molecule has 2 aliphatic heterocycles. The molecule has 6 rings (SSSR count). The summed E-state index contributed by atoms with van der Waals surface area (Å²) in [6.45, 7) is 1.89. The van der Waals surface area contributed by atoms with Crippen LogP contribution >= 0.6 is 12.4 Å². The number of rotatable bonds is 1. The molecule has 3 aliphatic rings. The summed E-state index contributed by atoms with van der Waals surface area (Å²) in [6.07, 6.45) is 1.52. The molecule has 0 amide bonds. The third kappa shape index (κ3) is 2.71. The zero-order valence-corrected chi connectivity index (χ0v) is 18.9. The number of aromatic amines is 1. The van der Waals surface area contributed by atoms with E-state index in [0.717, 1.165) is 39.9 Å². The van der Waals surface area contributed by atoms with Crippen LogP contribution in [0.1, 0.15) is 47.6 Å². The molecule has 33 heavy (non-hydrogen) atoms. The third-order valence-electron chi connectivity index (χ3n) is 7.14. The molecule has 0 bridgehead atoms. The van der Waals surface area contributed by atoms with Gasteiger partial charge in [0.2, 0.25) is 11.2 Å². The number of nitrogens with zero attached hydrogens (tertiary/aromatic N) is 2. The molecule has 0 saturated heterocycles. The smallest absolute Gasteiger partial charge is 0.343 e. The normalized spacial score (nSPS) is 21.3. The van der Waals surface area contributed by atoms with Crippen LogP contribution in [0.2, 0.25) is 0 Å². The first kappa shape index (κ1) is 21.7. The Hall–Kier alpha value is -3.10. The number of benzene rings is 1. The predicted molar refractivity (Wildman–Crippen MR) is 121 cm³/mol. The van der Waals surface area contributed by atoms with Gasteiger partial charge >= 0.3 is 5.97 Å². The zero-order valence-electron chi connectivity index (χ0n) is 18.1. The van der Waals surface area contributed by atoms with E-state index in [0.29, 0.717) is 35.3 Å². The number of fused-ring (bicyclic) bond motifs is 5. The molecular formula is C24H22ClFN3O4+. The van der Waals surface area contributed by atoms with Crippen LogP contribution in [0.25, 0.3) is 22.3 Å². The molecule has 1 atom stereocenters. The van der Waals surface area contributed by atoms with Gasteiger partial charge in [-0.1, -0.05) is 6.92 Å². The summed E-state index contributed by atoms with van der Waals surface area (Å²) in [6, 6.07) is 4.69. The van der Waals surface area contributed by atoms with Crippen LogP contribution in [0.3, 0.4) is 0 Å². The van der Waals surface area contributed by atoms with Gasteiger partial charge in [0.1, 0.15) is 18.1 Å². The van der Waals surface area contributed by atoms with Crippen molar-refractivity contribution in [3.8, 4) is 11.4 Å². The fourth-order valence-corrected chi connectivity index (χ4v) is 5.47. The Labute approximate surface area is 194 Å². The first-order valence-electron chi connectivity index (χ1n) is 10.7. The van der Waals surface area contributed by atoms with Crippen LogP contribution in [-0.4, -0.2) is 28.4 Å². The highest BCUT2D eigenvalue weighted by Crippen LogP contribution is 2.41. The number of aromatic nitrogens is 2. The molecule has 1 aromatic carbocycles. The third-order valence-corrected chi connectivity index (χ3v) is 7.14. The Kier molecular flexibility index (Phi) is 4.74. The van der Waals surface area contributed by atoms with E-state index in [1.807, 2.05) is 0 Å². The quantitative estimate of drug-likeness (QED) is 0.432. The molecule has 0 saturated carbocycles. The van der Waals surface area contributed by atoms with Gasteiger partial charge in [-0.15, -0.1) is 12.4 Å². The Bertz CT molecular complexity index is 1480. The van der Waals surface area contributed by atoms with Crippen LogP contribution in [0.15, 0.2) is 28.0 Å².